The van der Waals surface area contributed by atoms with Crippen LogP contribution in [0.4, 0.5) is 0 Å². The van der Waals surface area contributed by atoms with Crippen LogP contribution in [0.2, 0.25) is 0 Å². The fraction of sp³-hybridized carbons (Fsp3) is 0.462. The zero-order valence-corrected chi connectivity index (χ0v) is 19.5. The molecule has 0 spiro atoms. The van der Waals surface area contributed by atoms with Crippen LogP contribution in [0.3, 0.4) is 0 Å². The van der Waals surface area contributed by atoms with Crippen molar-refractivity contribution in [1.29, 1.82) is 0 Å². The summed E-state index contributed by atoms with van der Waals surface area (Å²) in [5.41, 5.74) is 1.99. The Morgan fingerprint density at radius 2 is 1.06 bits per heavy atom. The minimum atomic E-state index is -0.0294. The normalized spacial score (nSPS) is 18.0. The molecule has 0 saturated heterocycles. The molecule has 0 radical (unpaired) electrons. The molecule has 3 rings (SSSR count). The Kier molecular flexibility index (Phi) is 8.14. The summed E-state index contributed by atoms with van der Waals surface area (Å²) in [6, 6.07) is 15.5. The molecule has 2 aromatic rings. The minimum absolute atomic E-state index is 0.0294. The lowest BCUT2D eigenvalue weighted by Gasteiger charge is -2.32. The van der Waals surface area contributed by atoms with E-state index in [1.165, 1.54) is 0 Å². The SMILES string of the molecule is COc1ccccc1CN(C)C(=O)C1CCC(C(=O)N(C)Cc2ccccc2OC)CC1. The summed E-state index contributed by atoms with van der Waals surface area (Å²) in [5, 5.41) is 0. The van der Waals surface area contributed by atoms with Gasteiger partial charge in [-0.15, -0.1) is 0 Å². The van der Waals surface area contributed by atoms with Crippen molar-refractivity contribution in [2.75, 3.05) is 28.3 Å². The van der Waals surface area contributed by atoms with Gasteiger partial charge in [0.15, 0.2) is 0 Å². The van der Waals surface area contributed by atoms with Crippen LogP contribution < -0.4 is 9.47 Å². The van der Waals surface area contributed by atoms with Gasteiger partial charge in [-0.1, -0.05) is 36.4 Å². The second kappa shape index (κ2) is 11.0. The molecule has 1 aliphatic carbocycles. The van der Waals surface area contributed by atoms with Gasteiger partial charge in [-0.3, -0.25) is 9.59 Å². The van der Waals surface area contributed by atoms with E-state index in [-0.39, 0.29) is 23.7 Å². The highest BCUT2D eigenvalue weighted by molar-refractivity contribution is 5.81. The van der Waals surface area contributed by atoms with Gasteiger partial charge in [0.1, 0.15) is 11.5 Å². The van der Waals surface area contributed by atoms with Crippen LogP contribution in [0, 0.1) is 11.8 Å². The highest BCUT2D eigenvalue weighted by Gasteiger charge is 2.32. The van der Waals surface area contributed by atoms with Crippen molar-refractivity contribution < 1.29 is 19.1 Å². The first-order chi connectivity index (χ1) is 15.4. The summed E-state index contributed by atoms with van der Waals surface area (Å²) >= 11 is 0. The molecular weight excluding hydrogens is 404 g/mol. The van der Waals surface area contributed by atoms with Gasteiger partial charge in [-0.05, 0) is 37.8 Å². The lowest BCUT2D eigenvalue weighted by Crippen LogP contribution is -2.38. The maximum Gasteiger partial charge on any atom is 0.225 e. The summed E-state index contributed by atoms with van der Waals surface area (Å²) in [6.45, 7) is 1.03. The Labute approximate surface area is 191 Å². The van der Waals surface area contributed by atoms with Crippen LogP contribution >= 0.6 is 0 Å². The van der Waals surface area contributed by atoms with E-state index in [0.29, 0.717) is 13.1 Å². The van der Waals surface area contributed by atoms with E-state index in [1.54, 1.807) is 24.0 Å². The first-order valence-electron chi connectivity index (χ1n) is 11.2. The molecule has 0 N–H and O–H groups in total. The van der Waals surface area contributed by atoms with E-state index in [9.17, 15) is 9.59 Å². The maximum atomic E-state index is 13.0. The third-order valence-corrected chi connectivity index (χ3v) is 6.38. The van der Waals surface area contributed by atoms with Crippen molar-refractivity contribution in [2.45, 2.75) is 38.8 Å². The molecule has 6 nitrogen and oxygen atoms in total. The van der Waals surface area contributed by atoms with Gasteiger partial charge < -0.3 is 19.3 Å². The van der Waals surface area contributed by atoms with Gasteiger partial charge in [-0.25, -0.2) is 0 Å². The molecule has 0 bridgehead atoms. The molecule has 1 aliphatic rings. The third kappa shape index (κ3) is 5.61. The standard InChI is InChI=1S/C26H34N2O4/c1-27(17-21-9-5-7-11-23(21)31-3)25(29)19-13-15-20(16-14-19)26(30)28(2)18-22-10-6-8-12-24(22)32-4/h5-12,19-20H,13-18H2,1-4H3. The van der Waals surface area contributed by atoms with Crippen LogP contribution in [0.5, 0.6) is 11.5 Å². The number of carbonyl (C=O) groups is 2. The van der Waals surface area contributed by atoms with Gasteiger partial charge in [-0.2, -0.15) is 0 Å². The van der Waals surface area contributed by atoms with E-state index >= 15 is 0 Å². The van der Waals surface area contributed by atoms with Crippen molar-refractivity contribution in [3.63, 3.8) is 0 Å². The largest absolute Gasteiger partial charge is 0.496 e. The van der Waals surface area contributed by atoms with Crippen LogP contribution in [-0.2, 0) is 22.7 Å². The number of hydrogen-bond donors (Lipinski definition) is 0. The van der Waals surface area contributed by atoms with Crippen molar-refractivity contribution in [1.82, 2.24) is 9.80 Å². The lowest BCUT2D eigenvalue weighted by molar-refractivity contribution is -0.140. The highest BCUT2D eigenvalue weighted by Crippen LogP contribution is 2.32. The fourth-order valence-corrected chi connectivity index (χ4v) is 4.54. The lowest BCUT2D eigenvalue weighted by atomic mass is 9.80. The average Bonchev–Trinajstić information content (AvgIpc) is 2.83. The molecule has 1 fully saturated rings. The van der Waals surface area contributed by atoms with E-state index in [0.717, 1.165) is 48.3 Å². The number of hydrogen-bond acceptors (Lipinski definition) is 4. The van der Waals surface area contributed by atoms with Crippen molar-refractivity contribution in [3.05, 3.63) is 59.7 Å². The molecule has 32 heavy (non-hydrogen) atoms. The van der Waals surface area contributed by atoms with Crippen molar-refractivity contribution >= 4 is 11.8 Å². The summed E-state index contributed by atoms with van der Waals surface area (Å²) < 4.78 is 10.8. The predicted molar refractivity (Wildman–Crippen MR) is 124 cm³/mol. The molecule has 172 valence electrons. The summed E-state index contributed by atoms with van der Waals surface area (Å²) in [7, 11) is 6.97. The Morgan fingerprint density at radius 1 is 0.719 bits per heavy atom. The van der Waals surface area contributed by atoms with E-state index in [2.05, 4.69) is 0 Å². The van der Waals surface area contributed by atoms with Gasteiger partial charge >= 0.3 is 0 Å². The number of nitrogens with zero attached hydrogens (tertiary/aromatic N) is 2. The van der Waals surface area contributed by atoms with Gasteiger partial charge in [0.05, 0.1) is 14.2 Å². The Morgan fingerprint density at radius 3 is 1.41 bits per heavy atom. The average molecular weight is 439 g/mol. The molecule has 0 heterocycles. The topological polar surface area (TPSA) is 59.1 Å². The number of ether oxygens (including phenoxy) is 2. The molecule has 2 amide bonds. The number of methoxy groups -OCH3 is 2. The third-order valence-electron chi connectivity index (χ3n) is 6.38. The fourth-order valence-electron chi connectivity index (χ4n) is 4.54. The van der Waals surface area contributed by atoms with E-state index in [4.69, 9.17) is 9.47 Å². The summed E-state index contributed by atoms with van der Waals surface area (Å²) in [5.74, 6) is 1.81. The smallest absolute Gasteiger partial charge is 0.225 e. The Balaban J connectivity index is 1.52. The van der Waals surface area contributed by atoms with Crippen LogP contribution in [0.25, 0.3) is 0 Å². The maximum absolute atomic E-state index is 13.0. The highest BCUT2D eigenvalue weighted by atomic mass is 16.5. The Hall–Kier alpha value is -3.02. The first-order valence-corrected chi connectivity index (χ1v) is 11.2. The van der Waals surface area contributed by atoms with Gasteiger partial charge in [0.2, 0.25) is 11.8 Å². The zero-order chi connectivity index (χ0) is 23.1. The molecule has 0 aromatic heterocycles. The summed E-state index contributed by atoms with van der Waals surface area (Å²) in [6.07, 6.45) is 2.98. The second-order valence-electron chi connectivity index (χ2n) is 8.56. The molecule has 0 aliphatic heterocycles. The number of para-hydroxylation sites is 2. The first kappa shape index (κ1) is 23.6. The van der Waals surface area contributed by atoms with E-state index < -0.39 is 0 Å². The second-order valence-corrected chi connectivity index (χ2v) is 8.56. The molecule has 6 heteroatoms. The monoisotopic (exact) mass is 438 g/mol. The van der Waals surface area contributed by atoms with Crippen LogP contribution in [0.15, 0.2) is 48.5 Å². The minimum Gasteiger partial charge on any atom is -0.496 e. The summed E-state index contributed by atoms with van der Waals surface area (Å²) in [4.78, 5) is 29.6. The zero-order valence-electron chi connectivity index (χ0n) is 19.5. The molecule has 0 atom stereocenters. The predicted octanol–water partition coefficient (Wildman–Crippen LogP) is 4.13. The van der Waals surface area contributed by atoms with Crippen molar-refractivity contribution in [2.24, 2.45) is 11.8 Å². The van der Waals surface area contributed by atoms with Gasteiger partial charge in [0, 0.05) is 50.1 Å². The van der Waals surface area contributed by atoms with Gasteiger partial charge in [0.25, 0.3) is 0 Å². The molecule has 2 aromatic carbocycles. The quantitative estimate of drug-likeness (QED) is 0.622. The number of benzene rings is 2. The van der Waals surface area contributed by atoms with E-state index in [1.807, 2.05) is 62.6 Å². The number of amides is 2. The number of rotatable bonds is 8. The molecular formula is C26H34N2O4. The van der Waals surface area contributed by atoms with Crippen molar-refractivity contribution in [3.8, 4) is 11.5 Å². The molecule has 0 unspecified atom stereocenters. The Bertz CT molecular complexity index is 846. The van der Waals surface area contributed by atoms with Crippen LogP contribution in [-0.4, -0.2) is 49.9 Å². The van der Waals surface area contributed by atoms with Crippen LogP contribution in [0.1, 0.15) is 36.8 Å². The number of carbonyl (C=O) groups excluding carboxylic acids is 2. The molecule has 1 saturated carbocycles.